The maximum atomic E-state index is 13.0. The molecule has 0 saturated carbocycles. The van der Waals surface area contributed by atoms with Crippen molar-refractivity contribution in [2.24, 2.45) is 5.73 Å². The molecule has 0 aliphatic carbocycles. The number of anilines is 1. The second kappa shape index (κ2) is 9.10. The number of ether oxygens (including phenoxy) is 2. The number of nitrogen functional groups attached to an aromatic ring is 1. The van der Waals surface area contributed by atoms with Crippen molar-refractivity contribution in [2.75, 3.05) is 45.6 Å². The van der Waals surface area contributed by atoms with Crippen molar-refractivity contribution < 1.29 is 14.3 Å². The van der Waals surface area contributed by atoms with Gasteiger partial charge in [-0.15, -0.1) is 0 Å². The van der Waals surface area contributed by atoms with Crippen LogP contribution in [0.15, 0.2) is 6.07 Å². The van der Waals surface area contributed by atoms with Crippen molar-refractivity contribution in [2.45, 2.75) is 37.8 Å². The first kappa shape index (κ1) is 20.2. The number of nitrogens with one attached hydrogen (secondary N) is 1. The van der Waals surface area contributed by atoms with E-state index in [-0.39, 0.29) is 18.1 Å². The van der Waals surface area contributed by atoms with Crippen LogP contribution in [-0.4, -0.2) is 62.8 Å². The maximum Gasteiger partial charge on any atom is 0.255 e. The number of benzene rings is 1. The predicted molar refractivity (Wildman–Crippen MR) is 106 cm³/mol. The molecule has 27 heavy (non-hydrogen) atoms. The number of hydrogen-bond donors (Lipinski definition) is 3. The SMILES string of the molecule is CO[C@@H]1CN(CCCN)CC[C@@H]1NC(=O)c1cc(Cl)c(N)c2c1OCCC2. The zero-order valence-electron chi connectivity index (χ0n) is 15.8. The fraction of sp³-hybridized carbons (Fsp3) is 0.632. The Bertz CT molecular complexity index is 685. The summed E-state index contributed by atoms with van der Waals surface area (Å²) in [5, 5.41) is 3.51. The number of carbonyl (C=O) groups is 1. The minimum absolute atomic E-state index is 0.0628. The molecule has 150 valence electrons. The van der Waals surface area contributed by atoms with Crippen molar-refractivity contribution in [3.05, 3.63) is 22.2 Å². The molecular formula is C19H29ClN4O3. The average Bonchev–Trinajstić information content (AvgIpc) is 2.69. The van der Waals surface area contributed by atoms with Gasteiger partial charge in [-0.3, -0.25) is 4.79 Å². The molecule has 3 rings (SSSR count). The van der Waals surface area contributed by atoms with Crippen molar-refractivity contribution in [1.29, 1.82) is 0 Å². The van der Waals surface area contributed by atoms with Crippen molar-refractivity contribution in [1.82, 2.24) is 10.2 Å². The van der Waals surface area contributed by atoms with E-state index < -0.39 is 0 Å². The molecule has 2 heterocycles. The highest BCUT2D eigenvalue weighted by Crippen LogP contribution is 2.38. The third kappa shape index (κ3) is 4.48. The van der Waals surface area contributed by atoms with Crippen molar-refractivity contribution >= 4 is 23.2 Å². The van der Waals surface area contributed by atoms with Crippen LogP contribution in [0.3, 0.4) is 0 Å². The summed E-state index contributed by atoms with van der Waals surface area (Å²) in [5.41, 5.74) is 13.5. The summed E-state index contributed by atoms with van der Waals surface area (Å²) < 4.78 is 11.4. The molecule has 2 aliphatic heterocycles. The summed E-state index contributed by atoms with van der Waals surface area (Å²) in [6, 6.07) is 1.54. The molecule has 0 unspecified atom stereocenters. The highest BCUT2D eigenvalue weighted by atomic mass is 35.5. The summed E-state index contributed by atoms with van der Waals surface area (Å²) in [7, 11) is 1.68. The fourth-order valence-corrected chi connectivity index (χ4v) is 4.08. The van der Waals surface area contributed by atoms with E-state index in [4.69, 9.17) is 32.5 Å². The van der Waals surface area contributed by atoms with E-state index in [1.165, 1.54) is 0 Å². The van der Waals surface area contributed by atoms with Gasteiger partial charge in [-0.05, 0) is 44.8 Å². The van der Waals surface area contributed by atoms with Crippen LogP contribution in [0.5, 0.6) is 5.75 Å². The number of likely N-dealkylation sites (tertiary alicyclic amines) is 1. The summed E-state index contributed by atoms with van der Waals surface area (Å²) in [6.45, 7) is 3.89. The predicted octanol–water partition coefficient (Wildman–Crippen LogP) is 1.42. The van der Waals surface area contributed by atoms with Crippen molar-refractivity contribution in [3.8, 4) is 5.75 Å². The lowest BCUT2D eigenvalue weighted by molar-refractivity contribution is 0.00629. The molecule has 0 spiro atoms. The molecule has 2 aliphatic rings. The van der Waals surface area contributed by atoms with E-state index in [2.05, 4.69) is 10.2 Å². The van der Waals surface area contributed by atoms with Crippen LogP contribution >= 0.6 is 11.6 Å². The molecule has 1 saturated heterocycles. The van der Waals surface area contributed by atoms with Gasteiger partial charge in [-0.1, -0.05) is 11.6 Å². The average molecular weight is 397 g/mol. The van der Waals surface area contributed by atoms with Crippen LogP contribution in [0.25, 0.3) is 0 Å². The molecule has 2 atom stereocenters. The summed E-state index contributed by atoms with van der Waals surface area (Å²) in [5.74, 6) is 0.368. The molecule has 1 amide bonds. The Morgan fingerprint density at radius 1 is 1.52 bits per heavy atom. The topological polar surface area (TPSA) is 103 Å². The number of piperidine rings is 1. The smallest absolute Gasteiger partial charge is 0.255 e. The molecule has 5 N–H and O–H groups in total. The van der Waals surface area contributed by atoms with E-state index in [9.17, 15) is 4.79 Å². The molecule has 1 aromatic carbocycles. The first-order chi connectivity index (χ1) is 13.0. The highest BCUT2D eigenvalue weighted by Gasteiger charge is 2.32. The van der Waals surface area contributed by atoms with Gasteiger partial charge in [-0.2, -0.15) is 0 Å². The minimum atomic E-state index is -0.197. The zero-order chi connectivity index (χ0) is 19.4. The normalized spacial score (nSPS) is 22.8. The maximum absolute atomic E-state index is 13.0. The number of hydrogen-bond acceptors (Lipinski definition) is 6. The minimum Gasteiger partial charge on any atom is -0.492 e. The number of methoxy groups -OCH3 is 1. The molecular weight excluding hydrogens is 368 g/mol. The zero-order valence-corrected chi connectivity index (χ0v) is 16.6. The summed E-state index contributed by atoms with van der Waals surface area (Å²) in [6.07, 6.45) is 3.34. The fourth-order valence-electron chi connectivity index (χ4n) is 3.85. The van der Waals surface area contributed by atoms with E-state index in [0.29, 0.717) is 35.2 Å². The van der Waals surface area contributed by atoms with Crippen molar-refractivity contribution in [3.63, 3.8) is 0 Å². The van der Waals surface area contributed by atoms with Gasteiger partial charge in [0, 0.05) is 25.8 Å². The Morgan fingerprint density at radius 3 is 3.07 bits per heavy atom. The number of nitrogens with two attached hydrogens (primary N) is 2. The monoisotopic (exact) mass is 396 g/mol. The molecule has 0 aromatic heterocycles. The third-order valence-corrected chi connectivity index (χ3v) is 5.69. The number of nitrogens with zero attached hydrogens (tertiary/aromatic N) is 1. The molecule has 0 bridgehead atoms. The van der Waals surface area contributed by atoms with Gasteiger partial charge in [0.05, 0.1) is 35.0 Å². The number of halogens is 1. The first-order valence-corrected chi connectivity index (χ1v) is 9.92. The molecule has 1 aromatic rings. The lowest BCUT2D eigenvalue weighted by Gasteiger charge is -2.38. The van der Waals surface area contributed by atoms with Crippen LogP contribution in [0.1, 0.15) is 35.2 Å². The van der Waals surface area contributed by atoms with Gasteiger partial charge in [-0.25, -0.2) is 0 Å². The number of carbonyl (C=O) groups excluding carboxylic acids is 1. The van der Waals surface area contributed by atoms with Crippen LogP contribution in [0.2, 0.25) is 5.02 Å². The Labute approximate surface area is 165 Å². The van der Waals surface area contributed by atoms with Gasteiger partial charge in [0.25, 0.3) is 5.91 Å². The number of amides is 1. The van der Waals surface area contributed by atoms with Gasteiger partial charge < -0.3 is 31.2 Å². The third-order valence-electron chi connectivity index (χ3n) is 5.38. The van der Waals surface area contributed by atoms with Gasteiger partial charge >= 0.3 is 0 Å². The largest absolute Gasteiger partial charge is 0.492 e. The van der Waals surface area contributed by atoms with E-state index in [1.807, 2.05) is 0 Å². The summed E-state index contributed by atoms with van der Waals surface area (Å²) in [4.78, 5) is 15.3. The van der Waals surface area contributed by atoms with E-state index in [1.54, 1.807) is 13.2 Å². The quantitative estimate of drug-likeness (QED) is 0.628. The lowest BCUT2D eigenvalue weighted by atomic mass is 9.98. The lowest BCUT2D eigenvalue weighted by Crippen LogP contribution is -2.55. The first-order valence-electron chi connectivity index (χ1n) is 9.54. The Hall–Kier alpha value is -1.54. The van der Waals surface area contributed by atoms with Crippen LogP contribution in [0, 0.1) is 0 Å². The van der Waals surface area contributed by atoms with Crippen LogP contribution in [0.4, 0.5) is 5.69 Å². The van der Waals surface area contributed by atoms with E-state index in [0.717, 1.165) is 50.9 Å². The second-order valence-electron chi connectivity index (χ2n) is 7.16. The molecule has 1 fully saturated rings. The standard InChI is InChI=1S/C19H29ClN4O3/c1-26-16-11-24(7-3-6-21)8-5-15(16)23-19(25)13-10-14(20)17(22)12-4-2-9-27-18(12)13/h10,15-16H,2-9,11,21-22H2,1H3,(H,23,25)/t15-,16+/m0/s1. The Morgan fingerprint density at radius 2 is 2.33 bits per heavy atom. The van der Waals surface area contributed by atoms with Gasteiger partial charge in [0.1, 0.15) is 5.75 Å². The second-order valence-corrected chi connectivity index (χ2v) is 7.57. The van der Waals surface area contributed by atoms with Crippen LogP contribution in [-0.2, 0) is 11.2 Å². The number of rotatable bonds is 6. The van der Waals surface area contributed by atoms with Crippen LogP contribution < -0.4 is 21.5 Å². The highest BCUT2D eigenvalue weighted by molar-refractivity contribution is 6.33. The molecule has 0 radical (unpaired) electrons. The van der Waals surface area contributed by atoms with Gasteiger partial charge in [0.15, 0.2) is 0 Å². The Kier molecular flexibility index (Phi) is 6.81. The molecule has 8 heteroatoms. The molecule has 7 nitrogen and oxygen atoms in total. The summed E-state index contributed by atoms with van der Waals surface area (Å²) >= 11 is 6.26. The van der Waals surface area contributed by atoms with E-state index >= 15 is 0 Å². The Balaban J connectivity index is 1.73. The van der Waals surface area contributed by atoms with Gasteiger partial charge in [0.2, 0.25) is 0 Å². The number of fused-ring (bicyclic) bond motifs is 1.